The lowest BCUT2D eigenvalue weighted by atomic mass is 10.2. The Kier molecular flexibility index (Phi) is 6.35. The summed E-state index contributed by atoms with van der Waals surface area (Å²) in [6, 6.07) is 3.58. The van der Waals surface area contributed by atoms with Crippen LogP contribution in [0.1, 0.15) is 24.6 Å². The Balaban J connectivity index is 1.74. The highest BCUT2D eigenvalue weighted by Gasteiger charge is 2.17. The molecule has 114 valence electrons. The quantitative estimate of drug-likeness (QED) is 0.778. The molecule has 2 heterocycles. The van der Waals surface area contributed by atoms with Crippen LogP contribution < -0.4 is 4.72 Å². The van der Waals surface area contributed by atoms with Crippen molar-refractivity contribution >= 4 is 33.1 Å². The molecule has 0 aromatic carbocycles. The van der Waals surface area contributed by atoms with Crippen LogP contribution in [-0.2, 0) is 21.2 Å². The summed E-state index contributed by atoms with van der Waals surface area (Å²) in [6.07, 6.45) is 3.02. The molecule has 0 amide bonds. The van der Waals surface area contributed by atoms with Crippen LogP contribution in [0.15, 0.2) is 16.3 Å². The van der Waals surface area contributed by atoms with Crippen LogP contribution in [0, 0.1) is 0 Å². The second kappa shape index (κ2) is 7.79. The van der Waals surface area contributed by atoms with Gasteiger partial charge in [0.05, 0.1) is 0 Å². The Labute approximate surface area is 129 Å². The highest BCUT2D eigenvalue weighted by Crippen LogP contribution is 2.23. The zero-order valence-electron chi connectivity index (χ0n) is 11.6. The molecule has 0 unspecified atom stereocenters. The Hall–Kier alpha value is -0.0800. The first-order valence-corrected chi connectivity index (χ1v) is 10.2. The Bertz CT molecular complexity index is 507. The van der Waals surface area contributed by atoms with E-state index in [2.05, 4.69) is 4.72 Å². The normalized spacial score (nSPS) is 17.4. The maximum Gasteiger partial charge on any atom is 0.250 e. The molecule has 1 aromatic heterocycles. The summed E-state index contributed by atoms with van der Waals surface area (Å²) >= 11 is 3.19. The Morgan fingerprint density at radius 3 is 2.80 bits per heavy atom. The maximum atomic E-state index is 12.1. The van der Waals surface area contributed by atoms with E-state index in [0.29, 0.717) is 16.0 Å². The minimum Gasteiger partial charge on any atom is -0.381 e. The predicted octanol–water partition coefficient (Wildman–Crippen LogP) is 2.50. The number of rotatable bonds is 7. The molecule has 0 saturated carbocycles. The standard InChI is InChI=1S/C13H21NO3S3/c1-2-11-3-4-13(19-11)20(15,16)14-7-10-18-12-5-8-17-9-6-12/h3-4,12,14H,2,5-10H2,1H3. The lowest BCUT2D eigenvalue weighted by Gasteiger charge is -2.21. The number of ether oxygens (including phenoxy) is 1. The van der Waals surface area contributed by atoms with Gasteiger partial charge < -0.3 is 4.74 Å². The summed E-state index contributed by atoms with van der Waals surface area (Å²) in [5.41, 5.74) is 0. The summed E-state index contributed by atoms with van der Waals surface area (Å²) in [5, 5.41) is 0.613. The van der Waals surface area contributed by atoms with E-state index in [1.807, 2.05) is 24.8 Å². The number of thioether (sulfide) groups is 1. The van der Waals surface area contributed by atoms with Gasteiger partial charge in [0.1, 0.15) is 4.21 Å². The second-order valence-corrected chi connectivity index (χ2v) is 9.22. The summed E-state index contributed by atoms with van der Waals surface area (Å²) in [7, 11) is -3.32. The molecule has 0 aliphatic carbocycles. The predicted molar refractivity (Wildman–Crippen MR) is 85.2 cm³/mol. The van der Waals surface area contributed by atoms with Crippen LogP contribution in [0.2, 0.25) is 0 Å². The summed E-state index contributed by atoms with van der Waals surface area (Å²) in [6.45, 7) is 4.18. The van der Waals surface area contributed by atoms with Crippen LogP contribution >= 0.6 is 23.1 Å². The van der Waals surface area contributed by atoms with Crippen molar-refractivity contribution in [2.75, 3.05) is 25.5 Å². The third-order valence-corrected chi connectivity index (χ3v) is 7.73. The van der Waals surface area contributed by atoms with Gasteiger partial charge in [-0.25, -0.2) is 13.1 Å². The third kappa shape index (κ3) is 4.73. The lowest BCUT2D eigenvalue weighted by molar-refractivity contribution is 0.100. The lowest BCUT2D eigenvalue weighted by Crippen LogP contribution is -2.26. The first kappa shape index (κ1) is 16.3. The van der Waals surface area contributed by atoms with Gasteiger partial charge in [-0.15, -0.1) is 11.3 Å². The molecule has 4 nitrogen and oxygen atoms in total. The van der Waals surface area contributed by atoms with E-state index in [1.54, 1.807) is 6.07 Å². The molecule has 0 bridgehead atoms. The largest absolute Gasteiger partial charge is 0.381 e. The molecule has 2 rings (SSSR count). The van der Waals surface area contributed by atoms with Crippen LogP contribution in [-0.4, -0.2) is 39.2 Å². The van der Waals surface area contributed by atoms with Crippen molar-refractivity contribution in [3.63, 3.8) is 0 Å². The van der Waals surface area contributed by atoms with E-state index in [-0.39, 0.29) is 0 Å². The topological polar surface area (TPSA) is 55.4 Å². The van der Waals surface area contributed by atoms with Crippen molar-refractivity contribution in [2.45, 2.75) is 35.6 Å². The van der Waals surface area contributed by atoms with Gasteiger partial charge in [-0.2, -0.15) is 11.8 Å². The molecule has 7 heteroatoms. The molecule has 1 aromatic rings. The Morgan fingerprint density at radius 2 is 2.15 bits per heavy atom. The molecule has 20 heavy (non-hydrogen) atoms. The van der Waals surface area contributed by atoms with Crippen LogP contribution in [0.25, 0.3) is 0 Å². The van der Waals surface area contributed by atoms with Crippen molar-refractivity contribution in [3.05, 3.63) is 17.0 Å². The molecule has 0 radical (unpaired) electrons. The average molecular weight is 336 g/mol. The van der Waals surface area contributed by atoms with Gasteiger partial charge in [0.2, 0.25) is 10.0 Å². The van der Waals surface area contributed by atoms with E-state index in [9.17, 15) is 8.42 Å². The van der Waals surface area contributed by atoms with Crippen molar-refractivity contribution < 1.29 is 13.2 Å². The van der Waals surface area contributed by atoms with Gasteiger partial charge in [-0.3, -0.25) is 0 Å². The van der Waals surface area contributed by atoms with Crippen molar-refractivity contribution in [1.82, 2.24) is 4.72 Å². The molecule has 1 aliphatic rings. The number of hydrogen-bond acceptors (Lipinski definition) is 5. The van der Waals surface area contributed by atoms with E-state index in [0.717, 1.165) is 43.1 Å². The minimum atomic E-state index is -3.32. The van der Waals surface area contributed by atoms with E-state index in [1.165, 1.54) is 11.3 Å². The molecule has 1 aliphatic heterocycles. The maximum absolute atomic E-state index is 12.1. The molecule has 0 atom stereocenters. The Morgan fingerprint density at radius 1 is 1.40 bits per heavy atom. The highest BCUT2D eigenvalue weighted by molar-refractivity contribution is 8.00. The molecular formula is C13H21NO3S3. The number of aryl methyl sites for hydroxylation is 1. The van der Waals surface area contributed by atoms with Gasteiger partial charge >= 0.3 is 0 Å². The van der Waals surface area contributed by atoms with E-state index in [4.69, 9.17) is 4.74 Å². The fourth-order valence-electron chi connectivity index (χ4n) is 2.01. The van der Waals surface area contributed by atoms with Gasteiger partial charge in [0, 0.05) is 35.6 Å². The van der Waals surface area contributed by atoms with Crippen molar-refractivity contribution in [1.29, 1.82) is 0 Å². The molecule has 1 fully saturated rings. The van der Waals surface area contributed by atoms with Crippen LogP contribution in [0.5, 0.6) is 0 Å². The second-order valence-electron chi connectivity index (χ2n) is 4.65. The first-order chi connectivity index (χ1) is 9.62. The summed E-state index contributed by atoms with van der Waals surface area (Å²) < 4.78 is 32.6. The van der Waals surface area contributed by atoms with E-state index < -0.39 is 10.0 Å². The number of thiophene rings is 1. The number of hydrogen-bond donors (Lipinski definition) is 1. The fourth-order valence-corrected chi connectivity index (χ4v) is 5.59. The van der Waals surface area contributed by atoms with Gasteiger partial charge in [0.25, 0.3) is 0 Å². The monoisotopic (exact) mass is 335 g/mol. The zero-order chi connectivity index (χ0) is 14.4. The average Bonchev–Trinajstić information content (AvgIpc) is 2.95. The van der Waals surface area contributed by atoms with Crippen LogP contribution in [0.4, 0.5) is 0 Å². The SMILES string of the molecule is CCc1ccc(S(=O)(=O)NCCSC2CCOCC2)s1. The van der Waals surface area contributed by atoms with Crippen molar-refractivity contribution in [3.8, 4) is 0 Å². The number of nitrogens with one attached hydrogen (secondary N) is 1. The third-order valence-electron chi connectivity index (χ3n) is 3.17. The van der Waals surface area contributed by atoms with Gasteiger partial charge in [-0.1, -0.05) is 6.92 Å². The first-order valence-electron chi connectivity index (χ1n) is 6.89. The number of sulfonamides is 1. The molecule has 0 spiro atoms. The van der Waals surface area contributed by atoms with Gasteiger partial charge in [-0.05, 0) is 31.4 Å². The summed E-state index contributed by atoms with van der Waals surface area (Å²) in [5.74, 6) is 0.815. The molecule has 1 N–H and O–H groups in total. The van der Waals surface area contributed by atoms with Gasteiger partial charge in [0.15, 0.2) is 0 Å². The molecule has 1 saturated heterocycles. The fraction of sp³-hybridized carbons (Fsp3) is 0.692. The van der Waals surface area contributed by atoms with Crippen molar-refractivity contribution in [2.24, 2.45) is 0 Å². The smallest absolute Gasteiger partial charge is 0.250 e. The minimum absolute atomic E-state index is 0.422. The zero-order valence-corrected chi connectivity index (χ0v) is 14.1. The summed E-state index contributed by atoms with van der Waals surface area (Å²) in [4.78, 5) is 1.10. The van der Waals surface area contributed by atoms with Crippen LogP contribution in [0.3, 0.4) is 0 Å². The molecular weight excluding hydrogens is 314 g/mol. The van der Waals surface area contributed by atoms with E-state index >= 15 is 0 Å². The highest BCUT2D eigenvalue weighted by atomic mass is 32.2.